The number of hydrogen-bond acceptors (Lipinski definition) is 4. The van der Waals surface area contributed by atoms with E-state index in [-0.39, 0.29) is 23.1 Å². The summed E-state index contributed by atoms with van der Waals surface area (Å²) in [5.74, 6) is 0.0623. The summed E-state index contributed by atoms with van der Waals surface area (Å²) < 4.78 is 5.78. The molecule has 2 aliphatic rings. The Bertz CT molecular complexity index is 582. The van der Waals surface area contributed by atoms with E-state index < -0.39 is 5.60 Å². The van der Waals surface area contributed by atoms with Crippen LogP contribution in [0.15, 0.2) is 29.2 Å². The lowest BCUT2D eigenvalue weighted by molar-refractivity contribution is -0.146. The standard InChI is InChI=1S/C20H30N2O2S.ClH/c1-16-5-7-17(8-6-16)25-19(9-3-4-10-19)15-22-18(23)20(24-2)11-13-21-14-12-20;/h5-8,21H,3-4,9-15H2,1-2H3,(H,22,23);1H. The molecule has 6 heteroatoms. The summed E-state index contributed by atoms with van der Waals surface area (Å²) in [6, 6.07) is 8.73. The zero-order valence-corrected chi connectivity index (χ0v) is 17.4. The van der Waals surface area contributed by atoms with Gasteiger partial charge in [-0.2, -0.15) is 0 Å². The molecule has 3 rings (SSSR count). The largest absolute Gasteiger partial charge is 0.368 e. The lowest BCUT2D eigenvalue weighted by Gasteiger charge is -2.36. The minimum absolute atomic E-state index is 0. The first-order valence-corrected chi connectivity index (χ1v) is 10.2. The highest BCUT2D eigenvalue weighted by atomic mass is 35.5. The number of piperidine rings is 1. The molecule has 0 atom stereocenters. The van der Waals surface area contributed by atoms with E-state index in [9.17, 15) is 4.79 Å². The normalized spacial score (nSPS) is 21.0. The van der Waals surface area contributed by atoms with E-state index in [1.165, 1.54) is 23.3 Å². The molecular weight excluding hydrogens is 368 g/mol. The van der Waals surface area contributed by atoms with E-state index in [1.54, 1.807) is 7.11 Å². The highest BCUT2D eigenvalue weighted by molar-refractivity contribution is 8.00. The Morgan fingerprint density at radius 2 is 1.77 bits per heavy atom. The number of benzene rings is 1. The van der Waals surface area contributed by atoms with Crippen LogP contribution in [0.5, 0.6) is 0 Å². The third-order valence-corrected chi connectivity index (χ3v) is 7.15. The number of thioether (sulfide) groups is 1. The van der Waals surface area contributed by atoms with Crippen molar-refractivity contribution < 1.29 is 9.53 Å². The molecule has 4 nitrogen and oxygen atoms in total. The highest BCUT2D eigenvalue weighted by Crippen LogP contribution is 2.45. The van der Waals surface area contributed by atoms with Crippen molar-refractivity contribution in [1.82, 2.24) is 10.6 Å². The minimum Gasteiger partial charge on any atom is -0.368 e. The molecule has 1 amide bonds. The smallest absolute Gasteiger partial charge is 0.252 e. The van der Waals surface area contributed by atoms with Gasteiger partial charge in [0.25, 0.3) is 5.91 Å². The van der Waals surface area contributed by atoms with Gasteiger partial charge in [-0.15, -0.1) is 24.2 Å². The first-order chi connectivity index (χ1) is 12.1. The van der Waals surface area contributed by atoms with Crippen LogP contribution in [0.2, 0.25) is 0 Å². The molecule has 0 spiro atoms. The summed E-state index contributed by atoms with van der Waals surface area (Å²) in [5.41, 5.74) is 0.630. The highest BCUT2D eigenvalue weighted by Gasteiger charge is 2.42. The Labute approximate surface area is 167 Å². The molecule has 1 aromatic carbocycles. The molecule has 0 bridgehead atoms. The maximum atomic E-state index is 12.9. The Morgan fingerprint density at radius 3 is 2.35 bits per heavy atom. The van der Waals surface area contributed by atoms with Crippen LogP contribution in [0.25, 0.3) is 0 Å². The van der Waals surface area contributed by atoms with Gasteiger partial charge < -0.3 is 15.4 Å². The number of ether oxygens (including phenoxy) is 1. The van der Waals surface area contributed by atoms with Gasteiger partial charge in [0.1, 0.15) is 5.60 Å². The van der Waals surface area contributed by atoms with E-state index in [0.717, 1.165) is 45.3 Å². The quantitative estimate of drug-likeness (QED) is 0.766. The van der Waals surface area contributed by atoms with Gasteiger partial charge in [0.05, 0.1) is 0 Å². The Balaban J connectivity index is 0.00000243. The number of methoxy groups -OCH3 is 1. The Hall–Kier alpha value is -0.750. The summed E-state index contributed by atoms with van der Waals surface area (Å²) in [7, 11) is 1.66. The molecule has 1 saturated carbocycles. The van der Waals surface area contributed by atoms with E-state index in [4.69, 9.17) is 4.74 Å². The van der Waals surface area contributed by atoms with Gasteiger partial charge in [0.2, 0.25) is 0 Å². The number of aryl methyl sites for hydroxylation is 1. The van der Waals surface area contributed by atoms with Crippen LogP contribution >= 0.6 is 24.2 Å². The van der Waals surface area contributed by atoms with Crippen molar-refractivity contribution in [2.24, 2.45) is 0 Å². The number of amides is 1. The molecule has 1 heterocycles. The summed E-state index contributed by atoms with van der Waals surface area (Å²) in [6.07, 6.45) is 6.30. The fourth-order valence-corrected chi connectivity index (χ4v) is 5.36. The molecule has 146 valence electrons. The number of halogens is 1. The lowest BCUT2D eigenvalue weighted by Crippen LogP contribution is -2.55. The number of hydrogen-bond donors (Lipinski definition) is 2. The summed E-state index contributed by atoms with van der Waals surface area (Å²) in [5, 5.41) is 6.55. The van der Waals surface area contributed by atoms with E-state index in [0.29, 0.717) is 0 Å². The Morgan fingerprint density at radius 1 is 1.15 bits per heavy atom. The molecule has 2 fully saturated rings. The molecule has 0 unspecified atom stereocenters. The zero-order valence-electron chi connectivity index (χ0n) is 15.8. The van der Waals surface area contributed by atoms with Crippen molar-refractivity contribution in [3.05, 3.63) is 29.8 Å². The predicted molar refractivity (Wildman–Crippen MR) is 110 cm³/mol. The second kappa shape index (κ2) is 9.45. The third kappa shape index (κ3) is 4.94. The Kier molecular flexibility index (Phi) is 7.83. The SMILES string of the molecule is COC1(C(=O)NCC2(Sc3ccc(C)cc3)CCCC2)CCNCC1.Cl. The van der Waals surface area contributed by atoms with Crippen LogP contribution in [0.1, 0.15) is 44.1 Å². The topological polar surface area (TPSA) is 50.4 Å². The maximum Gasteiger partial charge on any atom is 0.252 e. The van der Waals surface area contributed by atoms with Crippen LogP contribution in [0.4, 0.5) is 0 Å². The number of nitrogens with one attached hydrogen (secondary N) is 2. The van der Waals surface area contributed by atoms with Gasteiger partial charge in [0.15, 0.2) is 0 Å². The third-order valence-electron chi connectivity index (χ3n) is 5.66. The maximum absolute atomic E-state index is 12.9. The average molecular weight is 399 g/mol. The first kappa shape index (κ1) is 21.5. The van der Waals surface area contributed by atoms with Crippen LogP contribution in [0.3, 0.4) is 0 Å². The van der Waals surface area contributed by atoms with Crippen molar-refractivity contribution in [1.29, 1.82) is 0 Å². The van der Waals surface area contributed by atoms with Crippen LogP contribution in [-0.4, -0.2) is 43.0 Å². The van der Waals surface area contributed by atoms with Crippen molar-refractivity contribution in [3.63, 3.8) is 0 Å². The van der Waals surface area contributed by atoms with Gasteiger partial charge in [-0.25, -0.2) is 0 Å². The molecule has 0 aromatic heterocycles. The predicted octanol–water partition coefficient (Wildman–Crippen LogP) is 3.71. The average Bonchev–Trinajstić information content (AvgIpc) is 3.11. The molecule has 1 aliphatic carbocycles. The van der Waals surface area contributed by atoms with E-state index in [2.05, 4.69) is 41.8 Å². The molecule has 26 heavy (non-hydrogen) atoms. The monoisotopic (exact) mass is 398 g/mol. The van der Waals surface area contributed by atoms with E-state index in [1.807, 2.05) is 11.8 Å². The van der Waals surface area contributed by atoms with Crippen molar-refractivity contribution >= 4 is 30.1 Å². The molecule has 2 N–H and O–H groups in total. The second-order valence-corrected chi connectivity index (χ2v) is 8.98. The van der Waals surface area contributed by atoms with Crippen molar-refractivity contribution in [3.8, 4) is 0 Å². The van der Waals surface area contributed by atoms with Crippen molar-refractivity contribution in [2.75, 3.05) is 26.7 Å². The summed E-state index contributed by atoms with van der Waals surface area (Å²) >= 11 is 1.93. The number of carbonyl (C=O) groups excluding carboxylic acids is 1. The molecule has 0 radical (unpaired) electrons. The van der Waals surface area contributed by atoms with E-state index >= 15 is 0 Å². The zero-order chi connectivity index (χ0) is 17.8. The fourth-order valence-electron chi connectivity index (χ4n) is 3.95. The summed E-state index contributed by atoms with van der Waals surface area (Å²) in [6.45, 7) is 4.52. The van der Waals surface area contributed by atoms with Crippen LogP contribution in [-0.2, 0) is 9.53 Å². The second-order valence-electron chi connectivity index (χ2n) is 7.44. The fraction of sp³-hybridized carbons (Fsp3) is 0.650. The number of rotatable bonds is 6. The molecule has 1 aliphatic heterocycles. The lowest BCUT2D eigenvalue weighted by atomic mass is 9.91. The minimum atomic E-state index is -0.653. The van der Waals surface area contributed by atoms with Crippen LogP contribution in [0, 0.1) is 6.92 Å². The van der Waals surface area contributed by atoms with Gasteiger partial charge in [-0.05, 0) is 57.8 Å². The molecule has 1 aromatic rings. The van der Waals surface area contributed by atoms with Gasteiger partial charge in [0, 0.05) is 23.3 Å². The molecular formula is C20H31ClN2O2S. The van der Waals surface area contributed by atoms with Gasteiger partial charge >= 0.3 is 0 Å². The van der Waals surface area contributed by atoms with Gasteiger partial charge in [-0.3, -0.25) is 4.79 Å². The first-order valence-electron chi connectivity index (χ1n) is 9.37. The molecule has 1 saturated heterocycles. The van der Waals surface area contributed by atoms with Gasteiger partial charge in [-0.1, -0.05) is 30.5 Å². The van der Waals surface area contributed by atoms with Crippen LogP contribution < -0.4 is 10.6 Å². The van der Waals surface area contributed by atoms with Crippen molar-refractivity contribution in [2.45, 2.75) is 60.7 Å². The number of carbonyl (C=O) groups is 1. The summed E-state index contributed by atoms with van der Waals surface area (Å²) in [4.78, 5) is 14.2.